The van der Waals surface area contributed by atoms with Crippen LogP contribution in [0.2, 0.25) is 0 Å². The molecule has 0 aliphatic heterocycles. The van der Waals surface area contributed by atoms with Crippen molar-refractivity contribution in [2.24, 2.45) is 0 Å². The molecule has 5 heteroatoms. The van der Waals surface area contributed by atoms with Gasteiger partial charge in [0.15, 0.2) is 0 Å². The van der Waals surface area contributed by atoms with E-state index < -0.39 is 0 Å². The van der Waals surface area contributed by atoms with Crippen LogP contribution >= 0.6 is 0 Å². The van der Waals surface area contributed by atoms with Crippen LogP contribution in [0, 0.1) is 0 Å². The maximum atomic E-state index is 0. The Hall–Kier alpha value is 2.56. The Balaban J connectivity index is 0. The molecule has 26 valence electrons. The fourth-order valence-corrected chi connectivity index (χ4v) is 0. The summed E-state index contributed by atoms with van der Waals surface area (Å²) in [6, 6.07) is 0. The quantitative estimate of drug-likeness (QED) is 0.522. The van der Waals surface area contributed by atoms with Gasteiger partial charge in [0.25, 0.3) is 0 Å². The molecule has 0 aliphatic carbocycles. The van der Waals surface area contributed by atoms with Gasteiger partial charge in [0.2, 0.25) is 0 Å². The van der Waals surface area contributed by atoms with Gasteiger partial charge < -0.3 is 40.5 Å². The standard InChI is InChI=1S/3S.Tl.V/q3*-2;+1;+5. The fraction of sp³-hybridized carbons (Fsp3) is 0. The third kappa shape index (κ3) is 20.8. The zero-order chi connectivity index (χ0) is 0. The van der Waals surface area contributed by atoms with E-state index in [9.17, 15) is 0 Å². The van der Waals surface area contributed by atoms with Gasteiger partial charge in [-0.3, -0.25) is 0 Å². The molecule has 0 heterocycles. The number of rotatable bonds is 0. The van der Waals surface area contributed by atoms with Crippen molar-refractivity contribution in [3.05, 3.63) is 0 Å². The summed E-state index contributed by atoms with van der Waals surface area (Å²) in [5.74, 6) is 0. The summed E-state index contributed by atoms with van der Waals surface area (Å²) in [6.07, 6.45) is 0. The Kier molecular flexibility index (Phi) is 308. The second kappa shape index (κ2) is 31.0. The predicted molar refractivity (Wildman–Crippen MR) is 27.8 cm³/mol. The Labute approximate surface area is 85.2 Å². The van der Waals surface area contributed by atoms with E-state index in [1.807, 2.05) is 0 Å². The zero-order valence-electron chi connectivity index (χ0n) is 2.25. The van der Waals surface area contributed by atoms with Crippen LogP contribution in [0.3, 0.4) is 0 Å². The Morgan fingerprint density at radius 2 is 0.600 bits per heavy atom. The maximum absolute atomic E-state index is 0. The molecule has 0 radical (unpaired) electrons. The number of hydrogen-bond donors (Lipinski definition) is 0. The van der Waals surface area contributed by atoms with E-state index in [0.29, 0.717) is 0 Å². The van der Waals surface area contributed by atoms with Crippen LogP contribution in [0.4, 0.5) is 0 Å². The average Bonchev–Trinajstić information content (AvgIpc) is 0. The van der Waals surface area contributed by atoms with E-state index in [1.165, 1.54) is 0 Å². The van der Waals surface area contributed by atoms with E-state index in [0.717, 1.165) is 0 Å². The van der Waals surface area contributed by atoms with Crippen molar-refractivity contribution < 1.29 is 18.6 Å². The maximum Gasteiger partial charge on any atom is 5.00 e. The summed E-state index contributed by atoms with van der Waals surface area (Å²) < 4.78 is 0. The Morgan fingerprint density at radius 1 is 0.600 bits per heavy atom. The van der Waals surface area contributed by atoms with Crippen molar-refractivity contribution in [3.63, 3.8) is 0 Å². The van der Waals surface area contributed by atoms with E-state index in [-0.39, 0.29) is 86.3 Å². The van der Waals surface area contributed by atoms with Gasteiger partial charge in [-0.1, -0.05) is 0 Å². The first-order valence-corrected chi connectivity index (χ1v) is 0. The molecule has 0 saturated heterocycles. The third-order valence-corrected chi connectivity index (χ3v) is 0. The molecule has 0 fully saturated rings. The molecule has 0 aliphatic rings. The first-order chi connectivity index (χ1) is 0. The molecule has 0 spiro atoms. The molecule has 0 aromatic carbocycles. The third-order valence-electron chi connectivity index (χ3n) is 0. The van der Waals surface area contributed by atoms with Gasteiger partial charge in [-0.05, 0) is 0 Å². The molecule has 0 nitrogen and oxygen atoms in total. The van der Waals surface area contributed by atoms with Crippen molar-refractivity contribution >= 4 is 67.8 Å². The molecular formula is S3TlV. The smallest absolute Gasteiger partial charge is 2.00 e. The van der Waals surface area contributed by atoms with Crippen LogP contribution in [-0.4, -0.2) is 27.3 Å². The molecule has 0 bridgehead atoms. The minimum absolute atomic E-state index is 0. The Morgan fingerprint density at radius 3 is 0.600 bits per heavy atom. The minimum atomic E-state index is 0. The van der Waals surface area contributed by atoms with Crippen LogP contribution in [0.5, 0.6) is 0 Å². The summed E-state index contributed by atoms with van der Waals surface area (Å²) >= 11 is 0. The Bertz CT molecular complexity index is 6.85. The van der Waals surface area contributed by atoms with Gasteiger partial charge in [0, 0.05) is 0 Å². The van der Waals surface area contributed by atoms with Gasteiger partial charge in [0.1, 0.15) is 0 Å². The van der Waals surface area contributed by atoms with Crippen LogP contribution in [0.1, 0.15) is 0 Å². The predicted octanol–water partition coefficient (Wildman–Crippen LogP) is -0.391. The topological polar surface area (TPSA) is 0 Å². The van der Waals surface area contributed by atoms with Crippen molar-refractivity contribution in [2.45, 2.75) is 0 Å². The second-order valence-corrected chi connectivity index (χ2v) is 0. The van der Waals surface area contributed by atoms with Crippen LogP contribution in [0.25, 0.3) is 0 Å². The zero-order valence-corrected chi connectivity index (χ0v) is 10.6. The molecule has 0 unspecified atom stereocenters. The van der Waals surface area contributed by atoms with Gasteiger partial charge in [-0.15, -0.1) is 0 Å². The van der Waals surface area contributed by atoms with Gasteiger partial charge in [-0.2, -0.15) is 0 Å². The molecule has 0 aromatic rings. The van der Waals surface area contributed by atoms with Crippen molar-refractivity contribution in [3.8, 4) is 0 Å². The van der Waals surface area contributed by atoms with E-state index in [2.05, 4.69) is 0 Å². The molecule has 5 heavy (non-hydrogen) atoms. The normalized spacial score (nSPS) is 0. The molecule has 0 atom stereocenters. The molecule has 0 amide bonds. The van der Waals surface area contributed by atoms with Crippen molar-refractivity contribution in [1.82, 2.24) is 0 Å². The summed E-state index contributed by atoms with van der Waals surface area (Å²) in [4.78, 5) is 0. The average molecular weight is 352 g/mol. The summed E-state index contributed by atoms with van der Waals surface area (Å²) in [5.41, 5.74) is 0. The monoisotopic (exact) mass is 352 g/mol. The van der Waals surface area contributed by atoms with Gasteiger partial charge in [0.05, 0.1) is 0 Å². The van der Waals surface area contributed by atoms with E-state index >= 15 is 0 Å². The van der Waals surface area contributed by atoms with Crippen LogP contribution < -0.4 is 0 Å². The van der Waals surface area contributed by atoms with Gasteiger partial charge >= 0.3 is 45.9 Å². The largest absolute Gasteiger partial charge is 5.00 e. The van der Waals surface area contributed by atoms with Gasteiger partial charge in [-0.25, -0.2) is 0 Å². The van der Waals surface area contributed by atoms with E-state index in [1.54, 1.807) is 0 Å². The van der Waals surface area contributed by atoms with E-state index in [4.69, 9.17) is 0 Å². The summed E-state index contributed by atoms with van der Waals surface area (Å²) in [6.45, 7) is 0. The molecular weight excluding hydrogens is 352 g/mol. The van der Waals surface area contributed by atoms with Crippen LogP contribution in [0.15, 0.2) is 0 Å². The summed E-state index contributed by atoms with van der Waals surface area (Å²) in [5, 5.41) is 0. The summed E-state index contributed by atoms with van der Waals surface area (Å²) in [7, 11) is 0. The first kappa shape index (κ1) is 49.7. The van der Waals surface area contributed by atoms with Crippen LogP contribution in [-0.2, 0) is 59.0 Å². The molecule has 0 N–H and O–H groups in total. The molecule has 0 rings (SSSR count). The molecule has 0 saturated carbocycles. The first-order valence-electron chi connectivity index (χ1n) is 0. The number of hydrogen-bond acceptors (Lipinski definition) is 0. The van der Waals surface area contributed by atoms with Crippen molar-refractivity contribution in [2.75, 3.05) is 0 Å². The second-order valence-electron chi connectivity index (χ2n) is 0. The van der Waals surface area contributed by atoms with Crippen molar-refractivity contribution in [1.29, 1.82) is 0 Å². The SMILES string of the molecule is [S-2].[S-2].[S-2].[Tl+].[V+5]. The fourth-order valence-electron chi connectivity index (χ4n) is 0. The molecule has 0 aromatic heterocycles. The minimum Gasteiger partial charge on any atom is -2.00 e.